The van der Waals surface area contributed by atoms with Crippen LogP contribution in [0.3, 0.4) is 0 Å². The first kappa shape index (κ1) is 20.9. The van der Waals surface area contributed by atoms with Crippen molar-refractivity contribution in [2.75, 3.05) is 39.9 Å². The van der Waals surface area contributed by atoms with Crippen molar-refractivity contribution in [2.45, 2.75) is 11.3 Å². The third kappa shape index (κ3) is 4.99. The van der Waals surface area contributed by atoms with E-state index in [0.29, 0.717) is 24.6 Å². The zero-order valence-corrected chi connectivity index (χ0v) is 17.0. The number of aromatic hydroxyl groups is 1. The molecule has 3 rings (SSSR count). The lowest BCUT2D eigenvalue weighted by Gasteiger charge is -2.34. The van der Waals surface area contributed by atoms with Crippen molar-refractivity contribution < 1.29 is 27.8 Å². The highest BCUT2D eigenvalue weighted by Crippen LogP contribution is 2.24. The fourth-order valence-corrected chi connectivity index (χ4v) is 4.48. The standard InChI is InChI=1S/C20H24N2O6S/c1-27-16-6-8-17(9-7-16)29(25,26)22-13-11-21(12-14-22)20(24)10-15-28-19-5-3-2-4-18(19)23/h2-9,23H,10-15H2,1H3. The Morgan fingerprint density at radius 2 is 1.69 bits per heavy atom. The summed E-state index contributed by atoms with van der Waals surface area (Å²) in [5.74, 6) is 0.834. The van der Waals surface area contributed by atoms with E-state index in [2.05, 4.69) is 0 Å². The smallest absolute Gasteiger partial charge is 0.243 e. The van der Waals surface area contributed by atoms with Crippen molar-refractivity contribution in [1.29, 1.82) is 0 Å². The van der Waals surface area contributed by atoms with Gasteiger partial charge in [-0.1, -0.05) is 12.1 Å². The molecule has 1 saturated heterocycles. The maximum atomic E-state index is 12.8. The maximum absolute atomic E-state index is 12.8. The number of benzene rings is 2. The van der Waals surface area contributed by atoms with E-state index < -0.39 is 10.0 Å². The van der Waals surface area contributed by atoms with Gasteiger partial charge < -0.3 is 19.5 Å². The molecule has 1 aliphatic rings. The van der Waals surface area contributed by atoms with Crippen molar-refractivity contribution >= 4 is 15.9 Å². The van der Waals surface area contributed by atoms with Crippen LogP contribution in [0.2, 0.25) is 0 Å². The second-order valence-electron chi connectivity index (χ2n) is 6.53. The Kier molecular flexibility index (Phi) is 6.60. The number of methoxy groups -OCH3 is 1. The predicted octanol–water partition coefficient (Wildman–Crippen LogP) is 1.70. The zero-order valence-electron chi connectivity index (χ0n) is 16.2. The van der Waals surface area contributed by atoms with Crippen molar-refractivity contribution in [3.05, 3.63) is 48.5 Å². The van der Waals surface area contributed by atoms with Gasteiger partial charge in [-0.25, -0.2) is 8.42 Å². The molecule has 1 fully saturated rings. The molecular weight excluding hydrogens is 396 g/mol. The summed E-state index contributed by atoms with van der Waals surface area (Å²) < 4.78 is 37.4. The highest BCUT2D eigenvalue weighted by molar-refractivity contribution is 7.89. The van der Waals surface area contributed by atoms with Gasteiger partial charge in [-0.2, -0.15) is 4.31 Å². The van der Waals surface area contributed by atoms with Crippen molar-refractivity contribution in [1.82, 2.24) is 9.21 Å². The third-order valence-electron chi connectivity index (χ3n) is 4.73. The fraction of sp³-hybridized carbons (Fsp3) is 0.350. The first-order valence-corrected chi connectivity index (χ1v) is 10.7. The van der Waals surface area contributed by atoms with Gasteiger partial charge in [0.2, 0.25) is 15.9 Å². The molecule has 1 amide bonds. The van der Waals surface area contributed by atoms with Gasteiger partial charge in [0.15, 0.2) is 11.5 Å². The number of para-hydroxylation sites is 2. The van der Waals surface area contributed by atoms with Crippen LogP contribution in [0.15, 0.2) is 53.4 Å². The van der Waals surface area contributed by atoms with E-state index >= 15 is 0 Å². The molecule has 0 bridgehead atoms. The van der Waals surface area contributed by atoms with Crippen LogP contribution in [0.25, 0.3) is 0 Å². The molecule has 0 aliphatic carbocycles. The van der Waals surface area contributed by atoms with Gasteiger partial charge in [0.05, 0.1) is 25.0 Å². The summed E-state index contributed by atoms with van der Waals surface area (Å²) in [5.41, 5.74) is 0. The molecule has 29 heavy (non-hydrogen) atoms. The number of amides is 1. The first-order valence-electron chi connectivity index (χ1n) is 9.24. The molecule has 2 aromatic carbocycles. The molecule has 9 heteroatoms. The van der Waals surface area contributed by atoms with E-state index in [9.17, 15) is 18.3 Å². The van der Waals surface area contributed by atoms with Crippen molar-refractivity contribution in [3.8, 4) is 17.2 Å². The fourth-order valence-electron chi connectivity index (χ4n) is 3.06. The third-order valence-corrected chi connectivity index (χ3v) is 6.64. The monoisotopic (exact) mass is 420 g/mol. The summed E-state index contributed by atoms with van der Waals surface area (Å²) in [5, 5.41) is 9.66. The first-order chi connectivity index (χ1) is 13.9. The molecular formula is C20H24N2O6S. The quantitative estimate of drug-likeness (QED) is 0.733. The molecule has 0 saturated carbocycles. The second-order valence-corrected chi connectivity index (χ2v) is 8.46. The highest BCUT2D eigenvalue weighted by Gasteiger charge is 2.30. The Bertz CT molecular complexity index is 938. The molecule has 8 nitrogen and oxygen atoms in total. The number of carbonyl (C=O) groups excluding carboxylic acids is 1. The Balaban J connectivity index is 1.50. The number of phenols is 1. The second kappa shape index (κ2) is 9.15. The number of ether oxygens (including phenoxy) is 2. The summed E-state index contributed by atoms with van der Waals surface area (Å²) in [6.07, 6.45) is 0.152. The normalized spacial score (nSPS) is 15.1. The number of phenolic OH excluding ortho intramolecular Hbond substituents is 1. The Labute approximate surface area is 170 Å². The summed E-state index contributed by atoms with van der Waals surface area (Å²) in [6, 6.07) is 12.8. The number of hydrogen-bond donors (Lipinski definition) is 1. The van der Waals surface area contributed by atoms with E-state index in [1.807, 2.05) is 0 Å². The number of nitrogens with zero attached hydrogens (tertiary/aromatic N) is 2. The van der Waals surface area contributed by atoms with Crippen LogP contribution in [0.1, 0.15) is 6.42 Å². The molecule has 1 heterocycles. The molecule has 0 aromatic heterocycles. The molecule has 156 valence electrons. The van der Waals surface area contributed by atoms with Crippen LogP contribution in [0.5, 0.6) is 17.2 Å². The Hall–Kier alpha value is -2.78. The van der Waals surface area contributed by atoms with Gasteiger partial charge in [-0.15, -0.1) is 0 Å². The van der Waals surface area contributed by atoms with Gasteiger partial charge in [-0.05, 0) is 36.4 Å². The molecule has 0 spiro atoms. The number of sulfonamides is 1. The maximum Gasteiger partial charge on any atom is 0.243 e. The minimum atomic E-state index is -3.61. The van der Waals surface area contributed by atoms with E-state index in [0.717, 1.165) is 0 Å². The van der Waals surface area contributed by atoms with Crippen LogP contribution >= 0.6 is 0 Å². The van der Waals surface area contributed by atoms with E-state index in [1.54, 1.807) is 35.2 Å². The average molecular weight is 420 g/mol. The molecule has 0 atom stereocenters. The molecule has 2 aromatic rings. The minimum absolute atomic E-state index is 0.0253. The van der Waals surface area contributed by atoms with Gasteiger partial charge in [-0.3, -0.25) is 4.79 Å². The van der Waals surface area contributed by atoms with Gasteiger partial charge in [0, 0.05) is 26.2 Å². The van der Waals surface area contributed by atoms with Crippen molar-refractivity contribution in [2.24, 2.45) is 0 Å². The van der Waals surface area contributed by atoms with E-state index in [4.69, 9.17) is 9.47 Å². The number of hydrogen-bond acceptors (Lipinski definition) is 6. The SMILES string of the molecule is COc1ccc(S(=O)(=O)N2CCN(C(=O)CCOc3ccccc3O)CC2)cc1. The van der Waals surface area contributed by atoms with Crippen molar-refractivity contribution in [3.63, 3.8) is 0 Å². The summed E-state index contributed by atoms with van der Waals surface area (Å²) in [7, 11) is -2.09. The Morgan fingerprint density at radius 3 is 2.31 bits per heavy atom. The largest absolute Gasteiger partial charge is 0.504 e. The summed E-state index contributed by atoms with van der Waals surface area (Å²) in [4.78, 5) is 14.2. The van der Waals surface area contributed by atoms with Crippen LogP contribution in [-0.4, -0.2) is 68.5 Å². The lowest BCUT2D eigenvalue weighted by molar-refractivity contribution is -0.132. The number of piperazine rings is 1. The lowest BCUT2D eigenvalue weighted by atomic mass is 10.3. The van der Waals surface area contributed by atoms with Crippen LogP contribution in [-0.2, 0) is 14.8 Å². The molecule has 1 N–H and O–H groups in total. The number of carbonyl (C=O) groups is 1. The van der Waals surface area contributed by atoms with Gasteiger partial charge in [0.25, 0.3) is 0 Å². The molecule has 1 aliphatic heterocycles. The highest BCUT2D eigenvalue weighted by atomic mass is 32.2. The van der Waals surface area contributed by atoms with Crippen LogP contribution in [0, 0.1) is 0 Å². The van der Waals surface area contributed by atoms with Crippen LogP contribution < -0.4 is 9.47 Å². The lowest BCUT2D eigenvalue weighted by Crippen LogP contribution is -2.50. The Morgan fingerprint density at radius 1 is 1.03 bits per heavy atom. The number of rotatable bonds is 7. The zero-order chi connectivity index (χ0) is 20.9. The summed E-state index contributed by atoms with van der Waals surface area (Å²) >= 11 is 0. The summed E-state index contributed by atoms with van der Waals surface area (Å²) in [6.45, 7) is 1.26. The molecule has 0 radical (unpaired) electrons. The van der Waals surface area contributed by atoms with E-state index in [1.165, 1.54) is 29.6 Å². The predicted molar refractivity (Wildman–Crippen MR) is 107 cm³/mol. The van der Waals surface area contributed by atoms with Gasteiger partial charge >= 0.3 is 0 Å². The topological polar surface area (TPSA) is 96.4 Å². The van der Waals surface area contributed by atoms with E-state index in [-0.39, 0.29) is 42.7 Å². The average Bonchev–Trinajstić information content (AvgIpc) is 2.75. The van der Waals surface area contributed by atoms with Gasteiger partial charge in [0.1, 0.15) is 5.75 Å². The van der Waals surface area contributed by atoms with Crippen LogP contribution in [0.4, 0.5) is 0 Å². The molecule has 0 unspecified atom stereocenters. The minimum Gasteiger partial charge on any atom is -0.504 e.